The lowest BCUT2D eigenvalue weighted by molar-refractivity contribution is -0.0253. The third-order valence-electron chi connectivity index (χ3n) is 2.22. The molecule has 0 aliphatic rings. The summed E-state index contributed by atoms with van der Waals surface area (Å²) >= 11 is 0. The third-order valence-corrected chi connectivity index (χ3v) is 2.22. The Kier molecular flexibility index (Phi) is 2.60. The first-order chi connectivity index (χ1) is 7.58. The topological polar surface area (TPSA) is 43.8 Å². The molecule has 84 valence electrons. The lowest BCUT2D eigenvalue weighted by Gasteiger charge is -2.16. The van der Waals surface area contributed by atoms with Crippen LogP contribution in [0.2, 0.25) is 0 Å². The van der Waals surface area contributed by atoms with Gasteiger partial charge in [-0.3, -0.25) is 4.68 Å². The Bertz CT molecular complexity index is 465. The van der Waals surface area contributed by atoms with Crippen molar-refractivity contribution in [3.8, 4) is 0 Å². The molecule has 0 amide bonds. The minimum absolute atomic E-state index is 0.0240. The van der Waals surface area contributed by atoms with E-state index in [1.165, 1.54) is 24.4 Å². The number of nitrogens with zero attached hydrogens (tertiary/aromatic N) is 2. The second kappa shape index (κ2) is 3.92. The van der Waals surface area contributed by atoms with Crippen LogP contribution in [0.15, 0.2) is 42.6 Å². The standard InChI is InChI=1S/C11H11F2N3/c12-11(13,9-4-2-1-3-5-9)8-16-7-6-10(14)15-16/h1-7H,8H2,(H2,14,15). The number of nitrogen functional groups attached to an aromatic ring is 1. The summed E-state index contributed by atoms with van der Waals surface area (Å²) < 4.78 is 28.6. The van der Waals surface area contributed by atoms with Gasteiger partial charge in [-0.25, -0.2) is 0 Å². The van der Waals surface area contributed by atoms with Gasteiger partial charge in [0.15, 0.2) is 0 Å². The summed E-state index contributed by atoms with van der Waals surface area (Å²) in [5.41, 5.74) is 5.34. The van der Waals surface area contributed by atoms with E-state index in [0.29, 0.717) is 0 Å². The van der Waals surface area contributed by atoms with Gasteiger partial charge in [-0.1, -0.05) is 30.3 Å². The maximum atomic E-state index is 13.7. The Morgan fingerprint density at radius 3 is 2.44 bits per heavy atom. The number of hydrogen-bond acceptors (Lipinski definition) is 2. The van der Waals surface area contributed by atoms with E-state index >= 15 is 0 Å². The van der Waals surface area contributed by atoms with Crippen LogP contribution < -0.4 is 5.73 Å². The molecule has 1 heterocycles. The van der Waals surface area contributed by atoms with Crippen molar-refractivity contribution in [2.75, 3.05) is 5.73 Å². The van der Waals surface area contributed by atoms with E-state index in [4.69, 9.17) is 5.73 Å². The third kappa shape index (κ3) is 2.18. The van der Waals surface area contributed by atoms with E-state index in [1.54, 1.807) is 18.2 Å². The first kappa shape index (κ1) is 10.6. The fraction of sp³-hybridized carbons (Fsp3) is 0.182. The SMILES string of the molecule is Nc1ccn(CC(F)(F)c2ccccc2)n1. The molecule has 0 bridgehead atoms. The van der Waals surface area contributed by atoms with Crippen LogP contribution in [-0.2, 0) is 12.5 Å². The molecule has 0 fully saturated rings. The van der Waals surface area contributed by atoms with Gasteiger partial charge in [-0.15, -0.1) is 0 Å². The van der Waals surface area contributed by atoms with Gasteiger partial charge in [0.2, 0.25) is 0 Å². The van der Waals surface area contributed by atoms with Gasteiger partial charge in [-0.2, -0.15) is 13.9 Å². The largest absolute Gasteiger partial charge is 0.382 e. The van der Waals surface area contributed by atoms with Crippen LogP contribution in [0.5, 0.6) is 0 Å². The molecular weight excluding hydrogens is 212 g/mol. The number of nitrogens with two attached hydrogens (primary N) is 1. The van der Waals surface area contributed by atoms with Crippen LogP contribution in [0, 0.1) is 0 Å². The first-order valence-corrected chi connectivity index (χ1v) is 4.80. The predicted molar refractivity (Wildman–Crippen MR) is 57.0 cm³/mol. The van der Waals surface area contributed by atoms with Gasteiger partial charge in [-0.05, 0) is 6.07 Å². The van der Waals surface area contributed by atoms with Crippen molar-refractivity contribution in [2.45, 2.75) is 12.5 Å². The van der Waals surface area contributed by atoms with Gasteiger partial charge in [0, 0.05) is 11.8 Å². The first-order valence-electron chi connectivity index (χ1n) is 4.80. The predicted octanol–water partition coefficient (Wildman–Crippen LogP) is 2.26. The molecule has 1 aromatic heterocycles. The van der Waals surface area contributed by atoms with Crippen LogP contribution >= 0.6 is 0 Å². The quantitative estimate of drug-likeness (QED) is 0.867. The number of alkyl halides is 2. The summed E-state index contributed by atoms with van der Waals surface area (Å²) in [6.45, 7) is -0.506. The van der Waals surface area contributed by atoms with E-state index in [2.05, 4.69) is 5.10 Å². The molecule has 0 spiro atoms. The minimum Gasteiger partial charge on any atom is -0.382 e. The highest BCUT2D eigenvalue weighted by atomic mass is 19.3. The Morgan fingerprint density at radius 1 is 1.19 bits per heavy atom. The van der Waals surface area contributed by atoms with E-state index in [0.717, 1.165) is 4.68 Å². The molecule has 3 nitrogen and oxygen atoms in total. The molecule has 0 unspecified atom stereocenters. The highest BCUT2D eigenvalue weighted by Gasteiger charge is 2.32. The monoisotopic (exact) mass is 223 g/mol. The molecule has 0 saturated carbocycles. The lowest BCUT2D eigenvalue weighted by atomic mass is 10.1. The lowest BCUT2D eigenvalue weighted by Crippen LogP contribution is -2.21. The number of aromatic nitrogens is 2. The normalized spacial score (nSPS) is 11.6. The van der Waals surface area contributed by atoms with Crippen LogP contribution in [0.4, 0.5) is 14.6 Å². The van der Waals surface area contributed by atoms with Crippen molar-refractivity contribution >= 4 is 5.82 Å². The molecule has 2 rings (SSSR count). The highest BCUT2D eigenvalue weighted by molar-refractivity contribution is 5.24. The van der Waals surface area contributed by atoms with Gasteiger partial charge in [0.05, 0.1) is 0 Å². The van der Waals surface area contributed by atoms with Crippen LogP contribution in [-0.4, -0.2) is 9.78 Å². The van der Waals surface area contributed by atoms with Crippen molar-refractivity contribution in [2.24, 2.45) is 0 Å². The van der Waals surface area contributed by atoms with E-state index in [1.807, 2.05) is 0 Å². The maximum absolute atomic E-state index is 13.7. The molecule has 16 heavy (non-hydrogen) atoms. The molecule has 1 aromatic carbocycles. The molecule has 0 saturated heterocycles. The van der Waals surface area contributed by atoms with E-state index in [-0.39, 0.29) is 11.4 Å². The number of hydrogen-bond donors (Lipinski definition) is 1. The van der Waals surface area contributed by atoms with Crippen molar-refractivity contribution in [3.63, 3.8) is 0 Å². The number of benzene rings is 1. The zero-order chi connectivity index (χ0) is 11.6. The van der Waals surface area contributed by atoms with Crippen molar-refractivity contribution in [1.82, 2.24) is 9.78 Å². The van der Waals surface area contributed by atoms with Crippen LogP contribution in [0.25, 0.3) is 0 Å². The van der Waals surface area contributed by atoms with Crippen molar-refractivity contribution < 1.29 is 8.78 Å². The van der Waals surface area contributed by atoms with Gasteiger partial charge >= 0.3 is 0 Å². The van der Waals surface area contributed by atoms with Crippen molar-refractivity contribution in [3.05, 3.63) is 48.2 Å². The number of anilines is 1. The summed E-state index contributed by atoms with van der Waals surface area (Å²) in [6.07, 6.45) is 1.44. The molecule has 5 heteroatoms. The Balaban J connectivity index is 2.20. The summed E-state index contributed by atoms with van der Waals surface area (Å²) in [6, 6.07) is 9.15. The summed E-state index contributed by atoms with van der Waals surface area (Å²) in [7, 11) is 0. The van der Waals surface area contributed by atoms with Gasteiger partial charge in [0.1, 0.15) is 12.4 Å². The van der Waals surface area contributed by atoms with Crippen molar-refractivity contribution in [1.29, 1.82) is 0 Å². The smallest absolute Gasteiger partial charge is 0.292 e. The molecular formula is C11H11F2N3. The number of halogens is 2. The molecule has 0 radical (unpaired) electrons. The zero-order valence-corrected chi connectivity index (χ0v) is 8.48. The Labute approximate surface area is 91.5 Å². The molecule has 2 aromatic rings. The van der Waals surface area contributed by atoms with Crippen LogP contribution in [0.1, 0.15) is 5.56 Å². The van der Waals surface area contributed by atoms with Crippen LogP contribution in [0.3, 0.4) is 0 Å². The fourth-order valence-corrected chi connectivity index (χ4v) is 1.44. The minimum atomic E-state index is -2.94. The average molecular weight is 223 g/mol. The Hall–Kier alpha value is -1.91. The second-order valence-corrected chi connectivity index (χ2v) is 3.51. The van der Waals surface area contributed by atoms with E-state index in [9.17, 15) is 8.78 Å². The van der Waals surface area contributed by atoms with E-state index < -0.39 is 12.5 Å². The molecule has 2 N–H and O–H groups in total. The summed E-state index contributed by atoms with van der Waals surface area (Å²) in [5, 5.41) is 3.74. The summed E-state index contributed by atoms with van der Waals surface area (Å²) in [4.78, 5) is 0. The molecule has 0 atom stereocenters. The number of rotatable bonds is 3. The average Bonchev–Trinajstić information content (AvgIpc) is 2.64. The Morgan fingerprint density at radius 2 is 1.88 bits per heavy atom. The summed E-state index contributed by atoms with van der Waals surface area (Å²) in [5.74, 6) is -2.71. The highest BCUT2D eigenvalue weighted by Crippen LogP contribution is 2.29. The molecule has 0 aliphatic carbocycles. The molecule has 0 aliphatic heterocycles. The van der Waals surface area contributed by atoms with Gasteiger partial charge < -0.3 is 5.73 Å². The second-order valence-electron chi connectivity index (χ2n) is 3.51. The zero-order valence-electron chi connectivity index (χ0n) is 8.48. The fourth-order valence-electron chi connectivity index (χ4n) is 1.44. The van der Waals surface area contributed by atoms with Gasteiger partial charge in [0.25, 0.3) is 5.92 Å². The maximum Gasteiger partial charge on any atom is 0.292 e.